The number of amides is 2. The number of halogens is 1. The molecule has 0 radical (unpaired) electrons. The van der Waals surface area contributed by atoms with Gasteiger partial charge >= 0.3 is 0 Å². The Kier molecular flexibility index (Phi) is 5.25. The number of carbonyl (C=O) groups excluding carboxylic acids is 2. The SMILES string of the molecule is NC(=O)c1cc2ccccc2nc1C1CCCN(C(=O)Cc2cccc(F)c2)C1. The first kappa shape index (κ1) is 19.1. The quantitative estimate of drug-likeness (QED) is 0.740. The number of hydrogen-bond donors (Lipinski definition) is 1. The number of nitrogens with two attached hydrogens (primary N) is 1. The first-order valence-corrected chi connectivity index (χ1v) is 9.73. The van der Waals surface area contributed by atoms with Crippen LogP contribution in [-0.4, -0.2) is 34.8 Å². The first-order valence-electron chi connectivity index (χ1n) is 9.73. The topological polar surface area (TPSA) is 76.3 Å². The van der Waals surface area contributed by atoms with Crippen LogP contribution >= 0.6 is 0 Å². The molecule has 0 spiro atoms. The van der Waals surface area contributed by atoms with Gasteiger partial charge in [-0.1, -0.05) is 30.3 Å². The second kappa shape index (κ2) is 7.99. The second-order valence-corrected chi connectivity index (χ2v) is 7.46. The van der Waals surface area contributed by atoms with Crippen LogP contribution in [-0.2, 0) is 11.2 Å². The van der Waals surface area contributed by atoms with E-state index in [-0.39, 0.29) is 24.1 Å². The van der Waals surface area contributed by atoms with Crippen LogP contribution in [0.25, 0.3) is 10.9 Å². The molecular formula is C23H22FN3O2. The fraction of sp³-hybridized carbons (Fsp3) is 0.261. The Morgan fingerprint density at radius 2 is 1.97 bits per heavy atom. The number of nitrogens with zero attached hydrogens (tertiary/aromatic N) is 2. The van der Waals surface area contributed by atoms with Crippen LogP contribution in [0.4, 0.5) is 4.39 Å². The van der Waals surface area contributed by atoms with Crippen LogP contribution in [0, 0.1) is 5.82 Å². The van der Waals surface area contributed by atoms with Crippen LogP contribution < -0.4 is 5.73 Å². The van der Waals surface area contributed by atoms with Gasteiger partial charge in [0.05, 0.1) is 23.2 Å². The number of likely N-dealkylation sites (tertiary alicyclic amines) is 1. The maximum atomic E-state index is 13.4. The van der Waals surface area contributed by atoms with E-state index in [1.54, 1.807) is 23.1 Å². The van der Waals surface area contributed by atoms with E-state index < -0.39 is 5.91 Å². The molecule has 2 heterocycles. The van der Waals surface area contributed by atoms with Crippen molar-refractivity contribution < 1.29 is 14.0 Å². The van der Waals surface area contributed by atoms with E-state index >= 15 is 0 Å². The molecule has 0 bridgehead atoms. The fourth-order valence-electron chi connectivity index (χ4n) is 4.00. The highest BCUT2D eigenvalue weighted by Gasteiger charge is 2.28. The van der Waals surface area contributed by atoms with Crippen molar-refractivity contribution in [1.29, 1.82) is 0 Å². The van der Waals surface area contributed by atoms with Gasteiger partial charge in [-0.05, 0) is 42.7 Å². The van der Waals surface area contributed by atoms with Gasteiger partial charge < -0.3 is 10.6 Å². The van der Waals surface area contributed by atoms with E-state index in [2.05, 4.69) is 0 Å². The molecule has 1 aliphatic heterocycles. The summed E-state index contributed by atoms with van der Waals surface area (Å²) in [7, 11) is 0. The summed E-state index contributed by atoms with van der Waals surface area (Å²) in [5.74, 6) is -0.978. The predicted molar refractivity (Wildman–Crippen MR) is 109 cm³/mol. The minimum absolute atomic E-state index is 0.0540. The Morgan fingerprint density at radius 1 is 1.14 bits per heavy atom. The summed E-state index contributed by atoms with van der Waals surface area (Å²) < 4.78 is 13.4. The third kappa shape index (κ3) is 4.11. The molecule has 1 aliphatic rings. The van der Waals surface area contributed by atoms with E-state index in [0.29, 0.717) is 29.9 Å². The standard InChI is InChI=1S/C23H22FN3O2/c24-18-8-3-5-15(11-18)12-21(28)27-10-4-7-17(14-27)22-19(23(25)29)13-16-6-1-2-9-20(16)26-22/h1-3,5-6,8-9,11,13,17H,4,7,10,12,14H2,(H2,25,29). The molecule has 1 fully saturated rings. The molecule has 2 amide bonds. The Hall–Kier alpha value is -3.28. The number of rotatable bonds is 4. The third-order valence-corrected chi connectivity index (χ3v) is 5.42. The van der Waals surface area contributed by atoms with E-state index in [4.69, 9.17) is 10.7 Å². The van der Waals surface area contributed by atoms with Gasteiger partial charge in [-0.25, -0.2) is 4.39 Å². The van der Waals surface area contributed by atoms with Crippen LogP contribution in [0.2, 0.25) is 0 Å². The van der Waals surface area contributed by atoms with Crippen molar-refractivity contribution in [2.45, 2.75) is 25.2 Å². The van der Waals surface area contributed by atoms with Crippen LogP contribution in [0.3, 0.4) is 0 Å². The molecule has 2 aromatic carbocycles. The zero-order chi connectivity index (χ0) is 20.4. The van der Waals surface area contributed by atoms with Gasteiger partial charge in [-0.3, -0.25) is 14.6 Å². The van der Waals surface area contributed by atoms with Crippen molar-refractivity contribution >= 4 is 22.7 Å². The van der Waals surface area contributed by atoms with Gasteiger partial charge in [0.15, 0.2) is 0 Å². The van der Waals surface area contributed by atoms with Crippen molar-refractivity contribution in [2.75, 3.05) is 13.1 Å². The van der Waals surface area contributed by atoms with Gasteiger partial charge in [0.1, 0.15) is 5.82 Å². The molecule has 4 rings (SSSR count). The van der Waals surface area contributed by atoms with Crippen LogP contribution in [0.5, 0.6) is 0 Å². The van der Waals surface area contributed by atoms with E-state index in [1.807, 2.05) is 24.3 Å². The Balaban J connectivity index is 1.58. The van der Waals surface area contributed by atoms with Gasteiger partial charge in [-0.15, -0.1) is 0 Å². The Morgan fingerprint density at radius 3 is 2.76 bits per heavy atom. The highest BCUT2D eigenvalue weighted by molar-refractivity contribution is 5.97. The number of pyridine rings is 1. The number of aromatic nitrogens is 1. The molecule has 1 unspecified atom stereocenters. The van der Waals surface area contributed by atoms with E-state index in [1.165, 1.54) is 12.1 Å². The summed E-state index contributed by atoms with van der Waals surface area (Å²) >= 11 is 0. The van der Waals surface area contributed by atoms with Crippen molar-refractivity contribution in [3.8, 4) is 0 Å². The number of benzene rings is 2. The molecule has 6 heteroatoms. The zero-order valence-electron chi connectivity index (χ0n) is 16.0. The molecule has 1 saturated heterocycles. The van der Waals surface area contributed by atoms with Crippen molar-refractivity contribution in [1.82, 2.24) is 9.88 Å². The molecule has 1 aromatic heterocycles. The van der Waals surface area contributed by atoms with Gasteiger partial charge in [0, 0.05) is 24.4 Å². The number of hydrogen-bond acceptors (Lipinski definition) is 3. The molecule has 3 aromatic rings. The molecular weight excluding hydrogens is 369 g/mol. The number of primary amides is 1. The van der Waals surface area contributed by atoms with Crippen LogP contribution in [0.1, 0.15) is 40.4 Å². The lowest BCUT2D eigenvalue weighted by Crippen LogP contribution is -2.40. The molecule has 0 saturated carbocycles. The largest absolute Gasteiger partial charge is 0.366 e. The predicted octanol–water partition coefficient (Wildman–Crippen LogP) is 3.42. The highest BCUT2D eigenvalue weighted by Crippen LogP contribution is 2.30. The molecule has 29 heavy (non-hydrogen) atoms. The second-order valence-electron chi connectivity index (χ2n) is 7.46. The summed E-state index contributed by atoms with van der Waals surface area (Å²) in [5.41, 5.74) is 8.14. The maximum Gasteiger partial charge on any atom is 0.250 e. The average molecular weight is 391 g/mol. The first-order chi connectivity index (χ1) is 14.0. The third-order valence-electron chi connectivity index (χ3n) is 5.42. The Labute approximate surface area is 168 Å². The summed E-state index contributed by atoms with van der Waals surface area (Å²) in [6, 6.07) is 15.5. The fourth-order valence-corrected chi connectivity index (χ4v) is 4.00. The smallest absolute Gasteiger partial charge is 0.250 e. The van der Waals surface area contributed by atoms with Gasteiger partial charge in [-0.2, -0.15) is 0 Å². The van der Waals surface area contributed by atoms with Crippen LogP contribution in [0.15, 0.2) is 54.6 Å². The van der Waals surface area contributed by atoms with Crippen molar-refractivity contribution in [2.24, 2.45) is 5.73 Å². The number of para-hydroxylation sites is 1. The van der Waals surface area contributed by atoms with Crippen molar-refractivity contribution in [3.63, 3.8) is 0 Å². The molecule has 2 N–H and O–H groups in total. The summed E-state index contributed by atoms with van der Waals surface area (Å²) in [4.78, 5) is 31.3. The minimum Gasteiger partial charge on any atom is -0.366 e. The summed E-state index contributed by atoms with van der Waals surface area (Å²) in [5, 5.41) is 0.861. The normalized spacial score (nSPS) is 16.7. The highest BCUT2D eigenvalue weighted by atomic mass is 19.1. The summed E-state index contributed by atoms with van der Waals surface area (Å²) in [6.45, 7) is 1.11. The van der Waals surface area contributed by atoms with E-state index in [0.717, 1.165) is 23.7 Å². The van der Waals surface area contributed by atoms with E-state index in [9.17, 15) is 14.0 Å². The molecule has 148 valence electrons. The Bertz CT molecular complexity index is 1080. The molecule has 0 aliphatic carbocycles. The lowest BCUT2D eigenvalue weighted by Gasteiger charge is -2.33. The van der Waals surface area contributed by atoms with Crippen molar-refractivity contribution in [3.05, 3.63) is 77.2 Å². The van der Waals surface area contributed by atoms with Gasteiger partial charge in [0.25, 0.3) is 5.91 Å². The lowest BCUT2D eigenvalue weighted by atomic mass is 9.90. The average Bonchev–Trinajstić information content (AvgIpc) is 2.73. The lowest BCUT2D eigenvalue weighted by molar-refractivity contribution is -0.131. The number of fused-ring (bicyclic) bond motifs is 1. The molecule has 5 nitrogen and oxygen atoms in total. The number of piperidine rings is 1. The van der Waals surface area contributed by atoms with Gasteiger partial charge in [0.2, 0.25) is 5.91 Å². The minimum atomic E-state index is -0.513. The molecule has 1 atom stereocenters. The maximum absolute atomic E-state index is 13.4. The monoisotopic (exact) mass is 391 g/mol. The summed E-state index contributed by atoms with van der Waals surface area (Å²) in [6.07, 6.45) is 1.79. The number of carbonyl (C=O) groups is 2. The zero-order valence-corrected chi connectivity index (χ0v) is 16.0.